The van der Waals surface area contributed by atoms with Crippen LogP contribution in [0.3, 0.4) is 0 Å². The highest BCUT2D eigenvalue weighted by molar-refractivity contribution is 7.19. The maximum absolute atomic E-state index is 13.1. The zero-order valence-corrected chi connectivity index (χ0v) is 20.2. The van der Waals surface area contributed by atoms with E-state index >= 15 is 0 Å². The Kier molecular flexibility index (Phi) is 4.19. The molecule has 1 aromatic heterocycles. The molecule has 4 heterocycles. The first kappa shape index (κ1) is 20.6. The van der Waals surface area contributed by atoms with Crippen molar-refractivity contribution in [1.82, 2.24) is 4.98 Å². The fourth-order valence-corrected chi connectivity index (χ4v) is 6.86. The summed E-state index contributed by atoms with van der Waals surface area (Å²) < 4.78 is 7.31. The Morgan fingerprint density at radius 2 is 2.00 bits per heavy atom. The zero-order chi connectivity index (χ0) is 23.9. The van der Waals surface area contributed by atoms with Crippen LogP contribution in [0.15, 0.2) is 83.3 Å². The fourth-order valence-electron chi connectivity index (χ4n) is 5.82. The van der Waals surface area contributed by atoms with Crippen LogP contribution in [0.2, 0.25) is 0 Å². The second-order valence-electron chi connectivity index (χ2n) is 9.89. The predicted molar refractivity (Wildman–Crippen MR) is 137 cm³/mol. The minimum atomic E-state index is -0.132. The van der Waals surface area contributed by atoms with Gasteiger partial charge in [-0.05, 0) is 42.0 Å². The first-order valence-electron chi connectivity index (χ1n) is 11.8. The summed E-state index contributed by atoms with van der Waals surface area (Å²) in [4.78, 5) is 31.4. The molecular weight excluding hydrogens is 456 g/mol. The number of hydrogen-bond donors (Lipinski definition) is 0. The Labute approximate surface area is 206 Å². The number of benzene rings is 2. The number of anilines is 1. The number of carbonyl (C=O) groups excluding carboxylic acids is 2. The number of thiazole rings is 1. The molecule has 3 aliphatic heterocycles. The number of ether oxygens (including phenoxy) is 1. The lowest BCUT2D eigenvalue weighted by Gasteiger charge is -2.40. The molecule has 2 aromatic carbocycles. The maximum Gasteiger partial charge on any atom is 0.192 e. The van der Waals surface area contributed by atoms with Gasteiger partial charge < -0.3 is 9.64 Å². The van der Waals surface area contributed by atoms with E-state index in [2.05, 4.69) is 54.1 Å². The summed E-state index contributed by atoms with van der Waals surface area (Å²) >= 11 is 1.43. The second kappa shape index (κ2) is 7.12. The topological polar surface area (TPSA) is 59.5 Å². The molecule has 0 saturated carbocycles. The first-order chi connectivity index (χ1) is 16.9. The Bertz CT molecular complexity index is 1600. The third-order valence-electron chi connectivity index (χ3n) is 7.44. The normalized spacial score (nSPS) is 21.9. The Balaban J connectivity index is 1.36. The van der Waals surface area contributed by atoms with Gasteiger partial charge in [0.2, 0.25) is 0 Å². The number of aldehydes is 1. The molecule has 172 valence electrons. The van der Waals surface area contributed by atoms with Crippen molar-refractivity contribution in [2.75, 3.05) is 11.4 Å². The summed E-state index contributed by atoms with van der Waals surface area (Å²) in [6.07, 6.45) is 7.35. The summed E-state index contributed by atoms with van der Waals surface area (Å²) in [6.45, 7) is 5.45. The highest BCUT2D eigenvalue weighted by Gasteiger charge is 2.46. The summed E-state index contributed by atoms with van der Waals surface area (Å²) in [6, 6.07) is 14.0. The van der Waals surface area contributed by atoms with Gasteiger partial charge in [0.15, 0.2) is 5.78 Å². The molecule has 5 nitrogen and oxygen atoms in total. The number of rotatable bonds is 2. The minimum absolute atomic E-state index is 0.0585. The second-order valence-corrected chi connectivity index (χ2v) is 10.9. The lowest BCUT2D eigenvalue weighted by atomic mass is 9.79. The van der Waals surface area contributed by atoms with Crippen molar-refractivity contribution in [3.8, 4) is 0 Å². The molecule has 3 aromatic rings. The van der Waals surface area contributed by atoms with Crippen molar-refractivity contribution in [3.05, 3.63) is 99.4 Å². The van der Waals surface area contributed by atoms with Crippen LogP contribution in [0.4, 0.5) is 5.69 Å². The van der Waals surface area contributed by atoms with Crippen LogP contribution < -0.4 is 4.90 Å². The standard InChI is InChI=1S/C29H22N2O3S/c1-29(2)20-5-3-4-6-22(20)31-10-9-24-19(27(29)31)13-17-12-18(23(33)14-25(17)34-24)28-30-21-8-7-16(15-32)11-26(21)35-28/h3-8,11-15,24H,9-10H2,1-2H3. The minimum Gasteiger partial charge on any atom is -0.485 e. The van der Waals surface area contributed by atoms with E-state index < -0.39 is 0 Å². The number of fused-ring (bicyclic) bond motifs is 6. The van der Waals surface area contributed by atoms with Crippen LogP contribution in [-0.2, 0) is 14.9 Å². The number of hydrogen-bond acceptors (Lipinski definition) is 6. The molecule has 35 heavy (non-hydrogen) atoms. The zero-order valence-electron chi connectivity index (χ0n) is 19.4. The van der Waals surface area contributed by atoms with E-state index in [4.69, 9.17) is 4.74 Å². The fraction of sp³-hybridized carbons (Fsp3) is 0.207. The van der Waals surface area contributed by atoms with Gasteiger partial charge in [0.05, 0.1) is 15.8 Å². The number of ketones is 1. The average molecular weight is 479 g/mol. The molecule has 7 rings (SSSR count). The molecule has 0 bridgehead atoms. The van der Waals surface area contributed by atoms with Crippen LogP contribution in [0, 0.1) is 0 Å². The molecule has 4 aliphatic rings. The largest absolute Gasteiger partial charge is 0.485 e. The summed E-state index contributed by atoms with van der Waals surface area (Å²) in [7, 11) is 0. The smallest absolute Gasteiger partial charge is 0.192 e. The van der Waals surface area contributed by atoms with E-state index in [9.17, 15) is 9.59 Å². The number of allylic oxidation sites excluding steroid dienone is 4. The predicted octanol–water partition coefficient (Wildman–Crippen LogP) is 5.74. The van der Waals surface area contributed by atoms with E-state index in [-0.39, 0.29) is 17.3 Å². The van der Waals surface area contributed by atoms with Gasteiger partial charge in [0.1, 0.15) is 23.2 Å². The number of aromatic nitrogens is 1. The van der Waals surface area contributed by atoms with E-state index in [1.165, 1.54) is 33.9 Å². The van der Waals surface area contributed by atoms with E-state index in [0.29, 0.717) is 21.9 Å². The third kappa shape index (κ3) is 2.89. The molecule has 0 amide bonds. The van der Waals surface area contributed by atoms with Crippen molar-refractivity contribution in [2.45, 2.75) is 31.8 Å². The van der Waals surface area contributed by atoms with Crippen molar-refractivity contribution < 1.29 is 14.3 Å². The molecule has 6 heteroatoms. The van der Waals surface area contributed by atoms with Crippen molar-refractivity contribution in [1.29, 1.82) is 0 Å². The van der Waals surface area contributed by atoms with E-state index in [1.807, 2.05) is 18.2 Å². The third-order valence-corrected chi connectivity index (χ3v) is 8.49. The molecule has 0 N–H and O–H groups in total. The van der Waals surface area contributed by atoms with Crippen molar-refractivity contribution in [2.24, 2.45) is 0 Å². The molecular formula is C29H22N2O3S. The van der Waals surface area contributed by atoms with Gasteiger partial charge in [-0.1, -0.05) is 32.0 Å². The van der Waals surface area contributed by atoms with Gasteiger partial charge in [-0.15, -0.1) is 11.3 Å². The van der Waals surface area contributed by atoms with Crippen molar-refractivity contribution >= 4 is 44.9 Å². The van der Waals surface area contributed by atoms with Crippen LogP contribution in [-0.4, -0.2) is 29.7 Å². The van der Waals surface area contributed by atoms with Gasteiger partial charge in [0.25, 0.3) is 0 Å². The van der Waals surface area contributed by atoms with Crippen LogP contribution in [0.5, 0.6) is 0 Å². The molecule has 0 spiro atoms. The molecule has 1 unspecified atom stereocenters. The Morgan fingerprint density at radius 3 is 2.86 bits per heavy atom. The monoisotopic (exact) mass is 478 g/mol. The SMILES string of the molecule is CC1(C)C2=C3C=C4C=C(c5nc6ccc(C=O)cc6s5)C(=O)C=C4OC3CCN2c2ccccc21. The molecule has 0 saturated heterocycles. The first-order valence-corrected chi connectivity index (χ1v) is 12.6. The molecule has 0 radical (unpaired) electrons. The summed E-state index contributed by atoms with van der Waals surface area (Å²) in [5, 5.41) is 0.655. The van der Waals surface area contributed by atoms with Gasteiger partial charge in [-0.25, -0.2) is 4.98 Å². The van der Waals surface area contributed by atoms with Gasteiger partial charge in [-0.2, -0.15) is 0 Å². The van der Waals surface area contributed by atoms with Crippen LogP contribution in [0.1, 0.15) is 41.2 Å². The summed E-state index contributed by atoms with van der Waals surface area (Å²) in [5.74, 6) is 0.535. The maximum atomic E-state index is 13.1. The van der Waals surface area contributed by atoms with Crippen molar-refractivity contribution in [3.63, 3.8) is 0 Å². The highest BCUT2D eigenvalue weighted by atomic mass is 32.1. The van der Waals surface area contributed by atoms with Gasteiger partial charge in [-0.3, -0.25) is 9.59 Å². The van der Waals surface area contributed by atoms with Gasteiger partial charge in [0, 0.05) is 52.6 Å². The quantitative estimate of drug-likeness (QED) is 0.440. The van der Waals surface area contributed by atoms with E-state index in [0.717, 1.165) is 35.0 Å². The number of para-hydroxylation sites is 1. The lowest BCUT2D eigenvalue weighted by Crippen LogP contribution is -2.39. The van der Waals surface area contributed by atoms with Gasteiger partial charge >= 0.3 is 0 Å². The van der Waals surface area contributed by atoms with Crippen LogP contribution >= 0.6 is 11.3 Å². The summed E-state index contributed by atoms with van der Waals surface area (Å²) in [5.41, 5.74) is 7.80. The van der Waals surface area contributed by atoms with Crippen LogP contribution in [0.25, 0.3) is 15.8 Å². The molecule has 0 fully saturated rings. The Hall–Kier alpha value is -3.77. The Morgan fingerprint density at radius 1 is 1.14 bits per heavy atom. The molecule has 1 atom stereocenters. The average Bonchev–Trinajstić information content (AvgIpc) is 3.38. The number of carbonyl (C=O) groups is 2. The highest BCUT2D eigenvalue weighted by Crippen LogP contribution is 2.53. The lowest BCUT2D eigenvalue weighted by molar-refractivity contribution is -0.109. The number of nitrogens with zero attached hydrogens (tertiary/aromatic N) is 2. The van der Waals surface area contributed by atoms with E-state index in [1.54, 1.807) is 12.1 Å². The molecule has 1 aliphatic carbocycles.